The molecule has 1 aromatic heterocycles. The number of amides is 1. The quantitative estimate of drug-likeness (QED) is 0.534. The summed E-state index contributed by atoms with van der Waals surface area (Å²) in [6.07, 6.45) is 0. The number of ether oxygens (including phenoxy) is 1. The number of hydrogen-bond donors (Lipinski definition) is 1. The number of aromatic nitrogens is 2. The molecule has 5 heteroatoms. The first kappa shape index (κ1) is 18.5. The number of benzene rings is 3. The van der Waals surface area contributed by atoms with E-state index in [0.29, 0.717) is 12.2 Å². The highest BCUT2D eigenvalue weighted by Crippen LogP contribution is 2.23. The van der Waals surface area contributed by atoms with Gasteiger partial charge in [0.25, 0.3) is 5.91 Å². The zero-order chi connectivity index (χ0) is 20.1. The van der Waals surface area contributed by atoms with Crippen molar-refractivity contribution >= 4 is 5.91 Å². The summed E-state index contributed by atoms with van der Waals surface area (Å²) >= 11 is 0. The van der Waals surface area contributed by atoms with Crippen molar-refractivity contribution in [2.24, 2.45) is 0 Å². The van der Waals surface area contributed by atoms with Crippen molar-refractivity contribution in [3.05, 3.63) is 102 Å². The van der Waals surface area contributed by atoms with Crippen LogP contribution >= 0.6 is 0 Å². The van der Waals surface area contributed by atoms with Gasteiger partial charge in [-0.1, -0.05) is 60.7 Å². The van der Waals surface area contributed by atoms with Crippen molar-refractivity contribution in [1.82, 2.24) is 15.1 Å². The van der Waals surface area contributed by atoms with Crippen LogP contribution in [-0.2, 0) is 6.54 Å². The fourth-order valence-corrected chi connectivity index (χ4v) is 3.08. The van der Waals surface area contributed by atoms with Crippen LogP contribution in [0.4, 0.5) is 0 Å². The molecule has 0 aliphatic rings. The van der Waals surface area contributed by atoms with Crippen molar-refractivity contribution in [3.8, 4) is 22.7 Å². The highest BCUT2D eigenvalue weighted by atomic mass is 16.5. The summed E-state index contributed by atoms with van der Waals surface area (Å²) < 4.78 is 6.90. The Labute approximate surface area is 169 Å². The van der Waals surface area contributed by atoms with Gasteiger partial charge in [0.05, 0.1) is 18.5 Å². The van der Waals surface area contributed by atoms with Gasteiger partial charge in [0.2, 0.25) is 0 Å². The molecule has 0 unspecified atom stereocenters. The van der Waals surface area contributed by atoms with Crippen molar-refractivity contribution in [2.75, 3.05) is 7.11 Å². The molecule has 4 rings (SSSR count). The Morgan fingerprint density at radius 1 is 0.931 bits per heavy atom. The van der Waals surface area contributed by atoms with Gasteiger partial charge in [0.1, 0.15) is 11.4 Å². The number of rotatable bonds is 6. The summed E-state index contributed by atoms with van der Waals surface area (Å²) in [6, 6.07) is 28.9. The number of methoxy groups -OCH3 is 1. The molecule has 5 nitrogen and oxygen atoms in total. The van der Waals surface area contributed by atoms with E-state index in [1.54, 1.807) is 11.8 Å². The van der Waals surface area contributed by atoms with Crippen LogP contribution in [0.15, 0.2) is 91.0 Å². The van der Waals surface area contributed by atoms with E-state index in [1.807, 2.05) is 91.0 Å². The molecule has 0 radical (unpaired) electrons. The summed E-state index contributed by atoms with van der Waals surface area (Å²) in [5.41, 5.74) is 4.01. The average molecular weight is 383 g/mol. The maximum Gasteiger partial charge on any atom is 0.270 e. The standard InChI is InChI=1S/C24H21N3O2/c1-29-21-14-12-20(13-15-21)27-23(16-22(26-27)19-10-6-3-7-11-19)24(28)25-17-18-8-4-2-5-9-18/h2-16H,17H2,1H3,(H,25,28). The number of nitrogens with zero attached hydrogens (tertiary/aromatic N) is 2. The molecule has 0 fully saturated rings. The maximum absolute atomic E-state index is 13.0. The van der Waals surface area contributed by atoms with E-state index in [1.165, 1.54) is 0 Å². The van der Waals surface area contributed by atoms with Gasteiger partial charge in [0, 0.05) is 12.1 Å². The monoisotopic (exact) mass is 383 g/mol. The van der Waals surface area contributed by atoms with Crippen LogP contribution < -0.4 is 10.1 Å². The lowest BCUT2D eigenvalue weighted by molar-refractivity contribution is 0.0943. The van der Waals surface area contributed by atoms with Crippen LogP contribution in [0.1, 0.15) is 16.1 Å². The van der Waals surface area contributed by atoms with E-state index in [0.717, 1.165) is 28.3 Å². The fourth-order valence-electron chi connectivity index (χ4n) is 3.08. The minimum absolute atomic E-state index is 0.181. The zero-order valence-electron chi connectivity index (χ0n) is 16.1. The Morgan fingerprint density at radius 3 is 2.24 bits per heavy atom. The highest BCUT2D eigenvalue weighted by molar-refractivity contribution is 5.94. The SMILES string of the molecule is COc1ccc(-n2nc(-c3ccccc3)cc2C(=O)NCc2ccccc2)cc1. The molecule has 3 aromatic carbocycles. The van der Waals surface area contributed by atoms with Crippen LogP contribution in [0.3, 0.4) is 0 Å². The van der Waals surface area contributed by atoms with Gasteiger partial charge < -0.3 is 10.1 Å². The summed E-state index contributed by atoms with van der Waals surface area (Å²) in [4.78, 5) is 13.0. The second kappa shape index (κ2) is 8.44. The molecule has 0 bridgehead atoms. The molecule has 4 aromatic rings. The third-order valence-electron chi connectivity index (χ3n) is 4.62. The zero-order valence-corrected chi connectivity index (χ0v) is 16.1. The molecule has 1 amide bonds. The number of nitrogens with one attached hydrogen (secondary N) is 1. The predicted molar refractivity (Wildman–Crippen MR) is 113 cm³/mol. The second-order valence-electron chi connectivity index (χ2n) is 6.56. The summed E-state index contributed by atoms with van der Waals surface area (Å²) in [5, 5.41) is 7.69. The number of carbonyl (C=O) groups excluding carboxylic acids is 1. The van der Waals surface area contributed by atoms with Gasteiger partial charge >= 0.3 is 0 Å². The van der Waals surface area contributed by atoms with Gasteiger partial charge in [-0.2, -0.15) is 5.10 Å². The van der Waals surface area contributed by atoms with E-state index in [4.69, 9.17) is 9.84 Å². The molecule has 0 saturated carbocycles. The minimum Gasteiger partial charge on any atom is -0.497 e. The number of carbonyl (C=O) groups is 1. The highest BCUT2D eigenvalue weighted by Gasteiger charge is 2.17. The van der Waals surface area contributed by atoms with E-state index >= 15 is 0 Å². The molecule has 0 aliphatic carbocycles. The molecule has 1 N–H and O–H groups in total. The van der Waals surface area contributed by atoms with Crippen molar-refractivity contribution < 1.29 is 9.53 Å². The molecule has 0 saturated heterocycles. The topological polar surface area (TPSA) is 56.2 Å². The van der Waals surface area contributed by atoms with Crippen LogP contribution in [0, 0.1) is 0 Å². The lowest BCUT2D eigenvalue weighted by atomic mass is 10.1. The Kier molecular flexibility index (Phi) is 5.38. The molecule has 0 atom stereocenters. The largest absolute Gasteiger partial charge is 0.497 e. The lowest BCUT2D eigenvalue weighted by Gasteiger charge is -2.09. The van der Waals surface area contributed by atoms with Crippen molar-refractivity contribution in [3.63, 3.8) is 0 Å². The molecule has 29 heavy (non-hydrogen) atoms. The van der Waals surface area contributed by atoms with E-state index in [-0.39, 0.29) is 5.91 Å². The third-order valence-corrected chi connectivity index (χ3v) is 4.62. The Balaban J connectivity index is 1.68. The predicted octanol–water partition coefficient (Wildman–Crippen LogP) is 4.48. The number of hydrogen-bond acceptors (Lipinski definition) is 3. The van der Waals surface area contributed by atoms with Gasteiger partial charge in [-0.15, -0.1) is 0 Å². The second-order valence-corrected chi connectivity index (χ2v) is 6.56. The Morgan fingerprint density at radius 2 is 1.59 bits per heavy atom. The van der Waals surface area contributed by atoms with Crippen LogP contribution in [0.5, 0.6) is 5.75 Å². The fraction of sp³-hybridized carbons (Fsp3) is 0.0833. The first-order valence-electron chi connectivity index (χ1n) is 9.36. The Bertz CT molecular complexity index is 1090. The summed E-state index contributed by atoms with van der Waals surface area (Å²) in [6.45, 7) is 0.453. The van der Waals surface area contributed by atoms with E-state index in [9.17, 15) is 4.79 Å². The van der Waals surface area contributed by atoms with E-state index < -0.39 is 0 Å². The summed E-state index contributed by atoms with van der Waals surface area (Å²) in [5.74, 6) is 0.568. The molecule has 144 valence electrons. The normalized spacial score (nSPS) is 10.5. The van der Waals surface area contributed by atoms with Crippen LogP contribution in [0.25, 0.3) is 16.9 Å². The van der Waals surface area contributed by atoms with Crippen molar-refractivity contribution in [2.45, 2.75) is 6.54 Å². The van der Waals surface area contributed by atoms with Crippen LogP contribution in [0.2, 0.25) is 0 Å². The molecule has 0 aliphatic heterocycles. The third kappa shape index (κ3) is 4.19. The maximum atomic E-state index is 13.0. The average Bonchev–Trinajstić information content (AvgIpc) is 3.24. The van der Waals surface area contributed by atoms with Gasteiger partial charge in [-0.3, -0.25) is 4.79 Å². The van der Waals surface area contributed by atoms with Crippen LogP contribution in [-0.4, -0.2) is 22.8 Å². The van der Waals surface area contributed by atoms with Gasteiger partial charge in [-0.25, -0.2) is 4.68 Å². The minimum atomic E-state index is -0.181. The van der Waals surface area contributed by atoms with Gasteiger partial charge in [-0.05, 0) is 35.9 Å². The first-order chi connectivity index (χ1) is 14.2. The molecule has 0 spiro atoms. The molecular formula is C24H21N3O2. The lowest BCUT2D eigenvalue weighted by Crippen LogP contribution is -2.25. The van der Waals surface area contributed by atoms with E-state index in [2.05, 4.69) is 5.32 Å². The first-order valence-corrected chi connectivity index (χ1v) is 9.36. The van der Waals surface area contributed by atoms with Gasteiger partial charge in [0.15, 0.2) is 0 Å². The molecular weight excluding hydrogens is 362 g/mol. The smallest absolute Gasteiger partial charge is 0.270 e. The Hall–Kier alpha value is -3.86. The molecule has 1 heterocycles. The van der Waals surface area contributed by atoms with Crippen molar-refractivity contribution in [1.29, 1.82) is 0 Å². The summed E-state index contributed by atoms with van der Waals surface area (Å²) in [7, 11) is 1.62.